The number of rotatable bonds is 6. The number of fused-ring (bicyclic) bond motifs is 1. The lowest BCUT2D eigenvalue weighted by molar-refractivity contribution is 0.235. The molecule has 1 saturated heterocycles. The zero-order valence-corrected chi connectivity index (χ0v) is 20.7. The van der Waals surface area contributed by atoms with Crippen molar-refractivity contribution >= 4 is 35.8 Å². The van der Waals surface area contributed by atoms with Crippen molar-refractivity contribution in [3.63, 3.8) is 0 Å². The molecule has 0 amide bonds. The van der Waals surface area contributed by atoms with Crippen LogP contribution in [-0.2, 0) is 13.0 Å². The second-order valence-electron chi connectivity index (χ2n) is 7.80. The maximum absolute atomic E-state index is 5.99. The molecule has 2 aliphatic heterocycles. The number of nitrogens with one attached hydrogen (secondary N) is 2. The number of halogens is 1. The van der Waals surface area contributed by atoms with Gasteiger partial charge in [0.2, 0.25) is 0 Å². The van der Waals surface area contributed by atoms with Crippen LogP contribution in [-0.4, -0.2) is 68.3 Å². The summed E-state index contributed by atoms with van der Waals surface area (Å²) >= 11 is 0. The Labute approximate surface area is 202 Å². The van der Waals surface area contributed by atoms with Crippen molar-refractivity contribution in [2.75, 3.05) is 51.2 Å². The predicted molar refractivity (Wildman–Crippen MR) is 137 cm³/mol. The molecular formula is C23H33IN6O. The Morgan fingerprint density at radius 2 is 1.94 bits per heavy atom. The third-order valence-corrected chi connectivity index (χ3v) is 5.85. The van der Waals surface area contributed by atoms with Gasteiger partial charge in [-0.1, -0.05) is 31.2 Å². The molecule has 0 saturated carbocycles. The summed E-state index contributed by atoms with van der Waals surface area (Å²) in [5.74, 6) is 2.83. The van der Waals surface area contributed by atoms with Crippen molar-refractivity contribution in [3.8, 4) is 5.75 Å². The van der Waals surface area contributed by atoms with Crippen LogP contribution in [0.15, 0.2) is 47.6 Å². The molecule has 0 spiro atoms. The van der Waals surface area contributed by atoms with Gasteiger partial charge in [-0.2, -0.15) is 0 Å². The summed E-state index contributed by atoms with van der Waals surface area (Å²) in [6.07, 6.45) is 3.02. The maximum Gasteiger partial charge on any atom is 0.191 e. The molecule has 3 heterocycles. The number of anilines is 1. The fourth-order valence-electron chi connectivity index (χ4n) is 3.99. The van der Waals surface area contributed by atoms with Crippen LogP contribution < -0.4 is 20.3 Å². The van der Waals surface area contributed by atoms with Crippen molar-refractivity contribution in [2.24, 2.45) is 4.99 Å². The number of benzene rings is 1. The molecular weight excluding hydrogens is 503 g/mol. The molecule has 0 aliphatic carbocycles. The number of hydrogen-bond acceptors (Lipinski definition) is 5. The summed E-state index contributed by atoms with van der Waals surface area (Å²) in [5.41, 5.74) is 2.41. The Bertz CT molecular complexity index is 826. The molecule has 4 rings (SSSR count). The van der Waals surface area contributed by atoms with Gasteiger partial charge in [-0.05, 0) is 29.8 Å². The monoisotopic (exact) mass is 536 g/mol. The summed E-state index contributed by atoms with van der Waals surface area (Å²) in [4.78, 5) is 13.8. The Kier molecular flexibility index (Phi) is 8.77. The summed E-state index contributed by atoms with van der Waals surface area (Å²) in [5, 5.41) is 6.74. The van der Waals surface area contributed by atoms with Gasteiger partial charge in [-0.15, -0.1) is 24.0 Å². The van der Waals surface area contributed by atoms with Gasteiger partial charge in [0.05, 0.1) is 6.54 Å². The molecule has 8 heteroatoms. The van der Waals surface area contributed by atoms with Crippen LogP contribution in [0.5, 0.6) is 5.75 Å². The number of guanidine groups is 1. The van der Waals surface area contributed by atoms with E-state index in [-0.39, 0.29) is 30.1 Å². The number of aliphatic imine (C=N–C) groups is 1. The first kappa shape index (κ1) is 23.6. The van der Waals surface area contributed by atoms with E-state index in [0.717, 1.165) is 68.8 Å². The van der Waals surface area contributed by atoms with E-state index in [1.165, 1.54) is 5.56 Å². The highest BCUT2D eigenvalue weighted by atomic mass is 127. The summed E-state index contributed by atoms with van der Waals surface area (Å²) in [6.45, 7) is 9.06. The normalized spacial score (nSPS) is 18.7. The lowest BCUT2D eigenvalue weighted by Crippen LogP contribution is -2.46. The first-order valence-electron chi connectivity index (χ1n) is 10.9. The SMILES string of the molecule is CCN1CCN(c2ccc(CNC(=NC)NCC3Cc4ccccc4O3)cn2)CC1.I. The Hall–Kier alpha value is -2.07. The Morgan fingerprint density at radius 1 is 1.13 bits per heavy atom. The van der Waals surface area contributed by atoms with Gasteiger partial charge in [0.15, 0.2) is 5.96 Å². The van der Waals surface area contributed by atoms with Crippen molar-refractivity contribution in [2.45, 2.75) is 26.0 Å². The summed E-state index contributed by atoms with van der Waals surface area (Å²) in [7, 11) is 1.79. The van der Waals surface area contributed by atoms with Crippen molar-refractivity contribution in [3.05, 3.63) is 53.7 Å². The molecule has 2 N–H and O–H groups in total. The van der Waals surface area contributed by atoms with Crippen molar-refractivity contribution in [1.29, 1.82) is 0 Å². The van der Waals surface area contributed by atoms with Gasteiger partial charge in [0.1, 0.15) is 17.7 Å². The fraction of sp³-hybridized carbons (Fsp3) is 0.478. The molecule has 0 bridgehead atoms. The highest BCUT2D eigenvalue weighted by Crippen LogP contribution is 2.27. The van der Waals surface area contributed by atoms with E-state index < -0.39 is 0 Å². The molecule has 168 valence electrons. The minimum Gasteiger partial charge on any atom is -0.488 e. The number of pyridine rings is 1. The summed E-state index contributed by atoms with van der Waals surface area (Å²) < 4.78 is 5.99. The summed E-state index contributed by atoms with van der Waals surface area (Å²) in [6, 6.07) is 12.5. The number of ether oxygens (including phenoxy) is 1. The van der Waals surface area contributed by atoms with Gasteiger partial charge >= 0.3 is 0 Å². The molecule has 1 aromatic heterocycles. The third kappa shape index (κ3) is 6.22. The standard InChI is InChI=1S/C23H32N6O.HI/c1-3-28-10-12-29(13-11-28)22-9-8-18(15-25-22)16-26-23(24-2)27-17-20-14-19-6-4-5-7-21(19)30-20;/h4-9,15,20H,3,10-14,16-17H2,1-2H3,(H2,24,26,27);1H. The van der Waals surface area contributed by atoms with Crippen molar-refractivity contribution in [1.82, 2.24) is 20.5 Å². The highest BCUT2D eigenvalue weighted by molar-refractivity contribution is 14.0. The number of piperazine rings is 1. The van der Waals surface area contributed by atoms with E-state index in [0.29, 0.717) is 6.54 Å². The van der Waals surface area contributed by atoms with E-state index in [2.05, 4.69) is 61.6 Å². The van der Waals surface area contributed by atoms with Gasteiger partial charge in [0, 0.05) is 52.4 Å². The molecule has 1 aromatic carbocycles. The van der Waals surface area contributed by atoms with E-state index in [4.69, 9.17) is 4.74 Å². The van der Waals surface area contributed by atoms with Crippen LogP contribution in [0.3, 0.4) is 0 Å². The Morgan fingerprint density at radius 3 is 2.61 bits per heavy atom. The first-order valence-corrected chi connectivity index (χ1v) is 10.9. The zero-order valence-electron chi connectivity index (χ0n) is 18.4. The maximum atomic E-state index is 5.99. The number of nitrogens with zero attached hydrogens (tertiary/aromatic N) is 4. The molecule has 1 atom stereocenters. The minimum atomic E-state index is 0. The number of likely N-dealkylation sites (N-methyl/N-ethyl adjacent to an activating group) is 1. The average Bonchev–Trinajstić information content (AvgIpc) is 3.23. The van der Waals surface area contributed by atoms with Crippen LogP contribution in [0, 0.1) is 0 Å². The largest absolute Gasteiger partial charge is 0.488 e. The van der Waals surface area contributed by atoms with Gasteiger partial charge < -0.3 is 25.2 Å². The van der Waals surface area contributed by atoms with Crippen LogP contribution in [0.4, 0.5) is 5.82 Å². The molecule has 1 unspecified atom stereocenters. The van der Waals surface area contributed by atoms with Crippen LogP contribution in [0.1, 0.15) is 18.1 Å². The molecule has 7 nitrogen and oxygen atoms in total. The predicted octanol–water partition coefficient (Wildman–Crippen LogP) is 2.51. The molecule has 1 fully saturated rings. The second-order valence-corrected chi connectivity index (χ2v) is 7.80. The first-order chi connectivity index (χ1) is 14.7. The smallest absolute Gasteiger partial charge is 0.191 e. The molecule has 2 aromatic rings. The zero-order chi connectivity index (χ0) is 20.8. The number of hydrogen-bond donors (Lipinski definition) is 2. The van der Waals surface area contributed by atoms with E-state index in [1.54, 1.807) is 7.05 Å². The lowest BCUT2D eigenvalue weighted by Gasteiger charge is -2.34. The quantitative estimate of drug-likeness (QED) is 0.336. The van der Waals surface area contributed by atoms with E-state index in [9.17, 15) is 0 Å². The van der Waals surface area contributed by atoms with Crippen LogP contribution in [0.25, 0.3) is 0 Å². The topological polar surface area (TPSA) is 65.0 Å². The molecule has 31 heavy (non-hydrogen) atoms. The van der Waals surface area contributed by atoms with E-state index >= 15 is 0 Å². The lowest BCUT2D eigenvalue weighted by atomic mass is 10.1. The number of para-hydroxylation sites is 1. The molecule has 2 aliphatic rings. The minimum absolute atomic E-state index is 0. The van der Waals surface area contributed by atoms with Gasteiger partial charge in [-0.25, -0.2) is 4.98 Å². The third-order valence-electron chi connectivity index (χ3n) is 5.85. The highest BCUT2D eigenvalue weighted by Gasteiger charge is 2.22. The Balaban J connectivity index is 0.00000272. The molecule has 0 radical (unpaired) electrons. The van der Waals surface area contributed by atoms with Gasteiger partial charge in [0.25, 0.3) is 0 Å². The van der Waals surface area contributed by atoms with Gasteiger partial charge in [-0.3, -0.25) is 4.99 Å². The fourth-order valence-corrected chi connectivity index (χ4v) is 3.99. The average molecular weight is 536 g/mol. The van der Waals surface area contributed by atoms with Crippen LogP contribution in [0.2, 0.25) is 0 Å². The van der Waals surface area contributed by atoms with E-state index in [1.807, 2.05) is 18.3 Å². The van der Waals surface area contributed by atoms with Crippen LogP contribution >= 0.6 is 24.0 Å². The second kappa shape index (κ2) is 11.5. The van der Waals surface area contributed by atoms with Crippen molar-refractivity contribution < 1.29 is 4.74 Å². The number of aromatic nitrogens is 1.